The van der Waals surface area contributed by atoms with Crippen molar-refractivity contribution in [2.75, 3.05) is 0 Å². The maximum absolute atomic E-state index is 10.7. The minimum absolute atomic E-state index is 0.363. The first-order valence-corrected chi connectivity index (χ1v) is 13.0. The molecule has 5 heteroatoms. The van der Waals surface area contributed by atoms with Gasteiger partial charge in [0.1, 0.15) is 11.5 Å². The Balaban J connectivity index is 1.58. The summed E-state index contributed by atoms with van der Waals surface area (Å²) < 4.78 is 12.9. The molecule has 0 bridgehead atoms. The van der Waals surface area contributed by atoms with Crippen LogP contribution in [-0.2, 0) is 10.1 Å². The van der Waals surface area contributed by atoms with E-state index in [1.807, 2.05) is 13.8 Å². The molecule has 2 aromatic rings. The Labute approximate surface area is 214 Å². The van der Waals surface area contributed by atoms with Crippen LogP contribution in [0.15, 0.2) is 94.1 Å². The van der Waals surface area contributed by atoms with E-state index < -0.39 is 11.2 Å². The number of fused-ring (bicyclic) bond motifs is 7. The Morgan fingerprint density at radius 3 is 2.19 bits per heavy atom. The van der Waals surface area contributed by atoms with Crippen LogP contribution in [0.25, 0.3) is 0 Å². The van der Waals surface area contributed by atoms with Crippen molar-refractivity contribution >= 4 is 7.48 Å². The number of hydrogen-bond acceptors (Lipinski definition) is 4. The average Bonchev–Trinajstić information content (AvgIpc) is 3.13. The maximum Gasteiger partial charge on any atom is 0.309 e. The molecule has 0 radical (unpaired) electrons. The molecule has 3 N–H and O–H groups in total. The van der Waals surface area contributed by atoms with E-state index in [-0.39, 0.29) is 5.41 Å². The van der Waals surface area contributed by atoms with Gasteiger partial charge >= 0.3 is 7.48 Å². The molecule has 0 fully saturated rings. The quantitative estimate of drug-likeness (QED) is 0.535. The van der Waals surface area contributed by atoms with Gasteiger partial charge in [0.05, 0.1) is 16.6 Å². The highest BCUT2D eigenvalue weighted by molar-refractivity contribution is 6.41. The van der Waals surface area contributed by atoms with Gasteiger partial charge in [0.2, 0.25) is 0 Å². The number of benzene rings is 2. The summed E-state index contributed by atoms with van der Waals surface area (Å²) >= 11 is 0. The fourth-order valence-electron chi connectivity index (χ4n) is 6.28. The number of rotatable bonds is 4. The highest BCUT2D eigenvalue weighted by Gasteiger charge is 2.54. The van der Waals surface area contributed by atoms with Crippen molar-refractivity contribution in [1.82, 2.24) is 0 Å². The lowest BCUT2D eigenvalue weighted by Gasteiger charge is -2.43. The third kappa shape index (κ3) is 3.22. The Hall–Kier alpha value is -3.02. The van der Waals surface area contributed by atoms with E-state index in [0.29, 0.717) is 7.48 Å². The number of hydrogen-bond donors (Lipinski definition) is 2. The van der Waals surface area contributed by atoms with Crippen LogP contribution in [0.5, 0.6) is 11.5 Å². The van der Waals surface area contributed by atoms with Crippen molar-refractivity contribution < 1.29 is 14.5 Å². The first-order valence-electron chi connectivity index (χ1n) is 13.0. The van der Waals surface area contributed by atoms with Crippen molar-refractivity contribution in [3.05, 3.63) is 105 Å². The van der Waals surface area contributed by atoms with Crippen LogP contribution in [0.3, 0.4) is 0 Å². The lowest BCUT2D eigenvalue weighted by molar-refractivity contribution is -0.0896. The highest BCUT2D eigenvalue weighted by atomic mass is 16.5. The zero-order valence-electron chi connectivity index (χ0n) is 21.7. The molecule has 4 nitrogen and oxygen atoms in total. The summed E-state index contributed by atoms with van der Waals surface area (Å²) in [5.74, 6) is 1.85. The van der Waals surface area contributed by atoms with Gasteiger partial charge in [-0.05, 0) is 99.4 Å². The Bertz CT molecular complexity index is 1340. The van der Waals surface area contributed by atoms with E-state index in [2.05, 4.69) is 60.7 Å². The molecule has 0 amide bonds. The topological polar surface area (TPSA) is 64.7 Å². The first kappa shape index (κ1) is 23.4. The van der Waals surface area contributed by atoms with Crippen LogP contribution in [0.1, 0.15) is 64.5 Å². The average molecular weight is 479 g/mol. The lowest BCUT2D eigenvalue weighted by Crippen LogP contribution is -2.48. The molecule has 4 aliphatic rings. The third-order valence-corrected chi connectivity index (χ3v) is 8.77. The number of allylic oxidation sites excluding steroid dienone is 8. The molecule has 1 heterocycles. The normalized spacial score (nSPS) is 20.1. The molecular formula is C31H34BNO3. The Morgan fingerprint density at radius 1 is 0.917 bits per heavy atom. The lowest BCUT2D eigenvalue weighted by atomic mass is 9.61. The molecule has 1 spiro atoms. The Morgan fingerprint density at radius 2 is 1.56 bits per heavy atom. The van der Waals surface area contributed by atoms with Crippen molar-refractivity contribution in [1.29, 1.82) is 0 Å². The van der Waals surface area contributed by atoms with Crippen LogP contribution in [0.2, 0.25) is 0 Å². The molecule has 0 unspecified atom stereocenters. The summed E-state index contributed by atoms with van der Waals surface area (Å²) in [5.41, 5.74) is 14.3. The monoisotopic (exact) mass is 479 g/mol. The fourth-order valence-corrected chi connectivity index (χ4v) is 6.28. The summed E-state index contributed by atoms with van der Waals surface area (Å²) in [6.07, 6.45) is 8.21. The van der Waals surface area contributed by atoms with Gasteiger partial charge in [-0.3, -0.25) is 0 Å². The van der Waals surface area contributed by atoms with Crippen LogP contribution < -0.4 is 10.5 Å². The Kier molecular flexibility index (Phi) is 5.19. The van der Waals surface area contributed by atoms with Gasteiger partial charge < -0.3 is 20.2 Å². The summed E-state index contributed by atoms with van der Waals surface area (Å²) in [6.45, 7) is 7.52. The second-order valence-electron chi connectivity index (χ2n) is 11.4. The molecule has 0 aromatic heterocycles. The van der Waals surface area contributed by atoms with Crippen LogP contribution >= 0.6 is 0 Å². The van der Waals surface area contributed by atoms with Crippen molar-refractivity contribution in [2.24, 2.45) is 5.73 Å². The number of aliphatic hydroxyl groups is 1. The van der Waals surface area contributed by atoms with Gasteiger partial charge in [-0.15, -0.1) is 0 Å². The molecule has 1 aliphatic heterocycles. The van der Waals surface area contributed by atoms with Crippen molar-refractivity contribution in [2.45, 2.75) is 70.0 Å². The first-order chi connectivity index (χ1) is 17.1. The smallest absolute Gasteiger partial charge is 0.309 e. The van der Waals surface area contributed by atoms with Gasteiger partial charge in [0, 0.05) is 16.8 Å². The molecule has 2 aromatic carbocycles. The van der Waals surface area contributed by atoms with E-state index in [1.165, 1.54) is 38.9 Å². The third-order valence-electron chi connectivity index (χ3n) is 8.77. The zero-order chi connectivity index (χ0) is 25.3. The van der Waals surface area contributed by atoms with Gasteiger partial charge in [0.25, 0.3) is 0 Å². The molecule has 6 rings (SSSR count). The molecular weight excluding hydrogens is 445 g/mol. The van der Waals surface area contributed by atoms with Crippen LogP contribution in [0, 0.1) is 0 Å². The number of para-hydroxylation sites is 2. The number of ether oxygens (including phenoxy) is 1. The van der Waals surface area contributed by atoms with E-state index in [1.54, 1.807) is 13.8 Å². The van der Waals surface area contributed by atoms with E-state index in [4.69, 9.17) is 15.1 Å². The predicted molar refractivity (Wildman–Crippen MR) is 145 cm³/mol. The van der Waals surface area contributed by atoms with Gasteiger partial charge in [-0.2, -0.15) is 0 Å². The van der Waals surface area contributed by atoms with E-state index in [0.717, 1.165) is 42.9 Å². The standard InChI is InChI=1S/C31H34BNO3/c1-29(2,34)30(3,4)36-32-25-13-9-12-24-28(25)20-18-19(33)16-17-21(20)31(24)22-10-5-7-14-26(22)35-27-15-8-6-11-23(27)31/h5-8,10-11,13-15,18,32,34H,9,12,16-17,33H2,1-4H3. The molecule has 36 heavy (non-hydrogen) atoms. The summed E-state index contributed by atoms with van der Waals surface area (Å²) in [5, 5.41) is 10.7. The van der Waals surface area contributed by atoms with E-state index in [9.17, 15) is 5.11 Å². The summed E-state index contributed by atoms with van der Waals surface area (Å²) in [7, 11) is 0.441. The van der Waals surface area contributed by atoms with Crippen molar-refractivity contribution in [3.63, 3.8) is 0 Å². The fraction of sp³-hybridized carbons (Fsp3) is 0.355. The van der Waals surface area contributed by atoms with Crippen LogP contribution in [-0.4, -0.2) is 23.8 Å². The van der Waals surface area contributed by atoms with Crippen LogP contribution in [0.4, 0.5) is 0 Å². The molecule has 0 saturated heterocycles. The van der Waals surface area contributed by atoms with E-state index >= 15 is 0 Å². The van der Waals surface area contributed by atoms with Crippen molar-refractivity contribution in [3.8, 4) is 11.5 Å². The number of nitrogens with two attached hydrogens (primary N) is 1. The second kappa shape index (κ2) is 7.99. The maximum atomic E-state index is 10.7. The van der Waals surface area contributed by atoms with Gasteiger partial charge in [-0.1, -0.05) is 42.5 Å². The molecule has 184 valence electrons. The largest absolute Gasteiger partial charge is 0.457 e. The minimum atomic E-state index is -0.964. The molecule has 0 saturated carbocycles. The summed E-state index contributed by atoms with van der Waals surface area (Å²) in [6, 6.07) is 17.0. The molecule has 3 aliphatic carbocycles. The highest BCUT2D eigenvalue weighted by Crippen LogP contribution is 2.64. The predicted octanol–water partition coefficient (Wildman–Crippen LogP) is 5.92. The zero-order valence-corrected chi connectivity index (χ0v) is 21.7. The minimum Gasteiger partial charge on any atom is -0.457 e. The second-order valence-corrected chi connectivity index (χ2v) is 11.4. The van der Waals surface area contributed by atoms with Gasteiger partial charge in [0.15, 0.2) is 0 Å². The molecule has 0 atom stereocenters. The SMILES string of the molecule is CC(C)(O)C(C)(C)OBC1=CCCC2=C1C1=C(CCC(N)=C1)C21c2ccccc2Oc2ccccc21. The van der Waals surface area contributed by atoms with Gasteiger partial charge in [-0.25, -0.2) is 0 Å². The summed E-state index contributed by atoms with van der Waals surface area (Å²) in [4.78, 5) is 0.